The number of fused-ring (bicyclic) bond motifs is 1. The van der Waals surface area contributed by atoms with Gasteiger partial charge in [0.2, 0.25) is 0 Å². The van der Waals surface area contributed by atoms with E-state index >= 15 is 0 Å². The molecule has 0 spiro atoms. The first-order valence-corrected chi connectivity index (χ1v) is 11.0. The van der Waals surface area contributed by atoms with Crippen LogP contribution in [0.2, 0.25) is 5.02 Å². The van der Waals surface area contributed by atoms with Gasteiger partial charge in [-0.3, -0.25) is 4.79 Å². The smallest absolute Gasteiger partial charge is 0.197 e. The summed E-state index contributed by atoms with van der Waals surface area (Å²) in [6, 6.07) is 20.2. The molecule has 4 nitrogen and oxygen atoms in total. The standard InChI is InChI=1S/C23H17ClO4S/c1-15-7-10-18(11-8-15)29(26,27)14-21-22(23(25)16-5-3-2-4-6-16)19-12-9-17(24)13-20(19)28-21/h2-13H,14H2,1H3. The second kappa shape index (κ2) is 7.50. The van der Waals surface area contributed by atoms with Gasteiger partial charge in [0.25, 0.3) is 0 Å². The van der Waals surface area contributed by atoms with Crippen molar-refractivity contribution in [3.63, 3.8) is 0 Å². The topological polar surface area (TPSA) is 64.3 Å². The second-order valence-electron chi connectivity index (χ2n) is 6.81. The Kier molecular flexibility index (Phi) is 5.03. The molecule has 1 heterocycles. The maximum atomic E-state index is 13.2. The minimum atomic E-state index is -3.71. The summed E-state index contributed by atoms with van der Waals surface area (Å²) < 4.78 is 31.8. The highest BCUT2D eigenvalue weighted by Crippen LogP contribution is 2.32. The lowest BCUT2D eigenvalue weighted by molar-refractivity contribution is 0.103. The maximum absolute atomic E-state index is 13.2. The third kappa shape index (κ3) is 3.84. The average molecular weight is 425 g/mol. The van der Waals surface area contributed by atoms with Crippen molar-refractivity contribution in [3.05, 3.63) is 100 Å². The van der Waals surface area contributed by atoms with Gasteiger partial charge in [0, 0.05) is 22.0 Å². The first kappa shape index (κ1) is 19.4. The summed E-state index contributed by atoms with van der Waals surface area (Å²) in [5.41, 5.74) is 2.05. The lowest BCUT2D eigenvalue weighted by Gasteiger charge is -2.06. The number of ketones is 1. The van der Waals surface area contributed by atoms with Crippen LogP contribution >= 0.6 is 11.6 Å². The Hall–Kier alpha value is -2.89. The molecular weight excluding hydrogens is 408 g/mol. The largest absolute Gasteiger partial charge is 0.459 e. The molecule has 0 N–H and O–H groups in total. The van der Waals surface area contributed by atoms with E-state index in [1.54, 1.807) is 66.7 Å². The summed E-state index contributed by atoms with van der Waals surface area (Å²) >= 11 is 6.06. The first-order valence-electron chi connectivity index (χ1n) is 8.95. The lowest BCUT2D eigenvalue weighted by Crippen LogP contribution is -2.09. The monoisotopic (exact) mass is 424 g/mol. The number of hydrogen-bond donors (Lipinski definition) is 0. The predicted molar refractivity (Wildman–Crippen MR) is 113 cm³/mol. The van der Waals surface area contributed by atoms with Gasteiger partial charge in [-0.2, -0.15) is 0 Å². The van der Waals surface area contributed by atoms with E-state index in [4.69, 9.17) is 16.0 Å². The molecule has 0 unspecified atom stereocenters. The summed E-state index contributed by atoms with van der Waals surface area (Å²) in [5.74, 6) is -0.603. The van der Waals surface area contributed by atoms with Gasteiger partial charge in [-0.05, 0) is 31.2 Å². The van der Waals surface area contributed by atoms with E-state index in [0.29, 0.717) is 21.6 Å². The quantitative estimate of drug-likeness (QED) is 0.391. The highest BCUT2D eigenvalue weighted by molar-refractivity contribution is 7.90. The zero-order valence-electron chi connectivity index (χ0n) is 15.6. The highest BCUT2D eigenvalue weighted by Gasteiger charge is 2.27. The number of aryl methyl sites for hydroxylation is 1. The van der Waals surface area contributed by atoms with Crippen molar-refractivity contribution in [2.45, 2.75) is 17.6 Å². The Morgan fingerprint density at radius 2 is 1.66 bits per heavy atom. The molecule has 3 aromatic carbocycles. The Morgan fingerprint density at radius 1 is 0.966 bits per heavy atom. The number of furan rings is 1. The van der Waals surface area contributed by atoms with Crippen LogP contribution < -0.4 is 0 Å². The molecule has 0 saturated carbocycles. The summed E-state index contributed by atoms with van der Waals surface area (Å²) in [5, 5.41) is 0.982. The fraction of sp³-hybridized carbons (Fsp3) is 0.0870. The fourth-order valence-corrected chi connectivity index (χ4v) is 4.64. The molecule has 0 aliphatic carbocycles. The van der Waals surface area contributed by atoms with Crippen LogP contribution in [0.25, 0.3) is 11.0 Å². The number of carbonyl (C=O) groups excluding carboxylic acids is 1. The lowest BCUT2D eigenvalue weighted by atomic mass is 10.0. The van der Waals surface area contributed by atoms with Crippen molar-refractivity contribution < 1.29 is 17.6 Å². The number of sulfone groups is 1. The van der Waals surface area contributed by atoms with Crippen LogP contribution in [0, 0.1) is 6.92 Å². The Balaban J connectivity index is 1.85. The van der Waals surface area contributed by atoms with Crippen molar-refractivity contribution in [3.8, 4) is 0 Å². The Bertz CT molecular complexity index is 1300. The highest BCUT2D eigenvalue weighted by atomic mass is 35.5. The third-order valence-electron chi connectivity index (χ3n) is 4.69. The zero-order valence-corrected chi connectivity index (χ0v) is 17.1. The summed E-state index contributed by atoms with van der Waals surface area (Å²) in [6.07, 6.45) is 0. The van der Waals surface area contributed by atoms with Crippen LogP contribution in [0.15, 0.2) is 82.1 Å². The van der Waals surface area contributed by atoms with Crippen LogP contribution in [0.5, 0.6) is 0 Å². The maximum Gasteiger partial charge on any atom is 0.197 e. The molecule has 1 aromatic heterocycles. The van der Waals surface area contributed by atoms with E-state index in [0.717, 1.165) is 5.56 Å². The number of halogens is 1. The number of rotatable bonds is 5. The van der Waals surface area contributed by atoms with Gasteiger partial charge in [0.1, 0.15) is 17.1 Å². The van der Waals surface area contributed by atoms with E-state index in [9.17, 15) is 13.2 Å². The van der Waals surface area contributed by atoms with Crippen molar-refractivity contribution in [2.75, 3.05) is 0 Å². The van der Waals surface area contributed by atoms with Crippen LogP contribution in [0.4, 0.5) is 0 Å². The number of carbonyl (C=O) groups is 1. The van der Waals surface area contributed by atoms with Gasteiger partial charge in [0.15, 0.2) is 15.6 Å². The van der Waals surface area contributed by atoms with Crippen LogP contribution in [0.1, 0.15) is 27.2 Å². The van der Waals surface area contributed by atoms with Gasteiger partial charge in [-0.25, -0.2) is 8.42 Å². The second-order valence-corrected chi connectivity index (χ2v) is 9.23. The van der Waals surface area contributed by atoms with Crippen LogP contribution in [-0.2, 0) is 15.6 Å². The number of hydrogen-bond acceptors (Lipinski definition) is 4. The first-order chi connectivity index (χ1) is 13.8. The molecule has 0 aliphatic rings. The Morgan fingerprint density at radius 3 is 2.34 bits per heavy atom. The molecule has 4 rings (SSSR count). The number of benzene rings is 3. The van der Waals surface area contributed by atoms with E-state index in [-0.39, 0.29) is 22.0 Å². The van der Waals surface area contributed by atoms with E-state index in [1.165, 1.54) is 0 Å². The van der Waals surface area contributed by atoms with Gasteiger partial charge < -0.3 is 4.42 Å². The Labute approximate surface area is 173 Å². The van der Waals surface area contributed by atoms with E-state index < -0.39 is 15.6 Å². The minimum absolute atomic E-state index is 0.108. The SMILES string of the molecule is Cc1ccc(S(=O)(=O)Cc2oc3cc(Cl)ccc3c2C(=O)c2ccccc2)cc1. The molecule has 0 radical (unpaired) electrons. The van der Waals surface area contributed by atoms with E-state index in [2.05, 4.69) is 0 Å². The molecule has 146 valence electrons. The van der Waals surface area contributed by atoms with Gasteiger partial charge in [-0.1, -0.05) is 59.6 Å². The van der Waals surface area contributed by atoms with Gasteiger partial charge in [-0.15, -0.1) is 0 Å². The third-order valence-corrected chi connectivity index (χ3v) is 6.56. The normalized spacial score (nSPS) is 11.7. The predicted octanol–water partition coefficient (Wildman–Crippen LogP) is 5.60. The molecule has 0 saturated heterocycles. The molecule has 0 fully saturated rings. The van der Waals surface area contributed by atoms with Crippen molar-refractivity contribution in [1.82, 2.24) is 0 Å². The molecule has 4 aromatic rings. The summed E-state index contributed by atoms with van der Waals surface area (Å²) in [7, 11) is -3.71. The van der Waals surface area contributed by atoms with Gasteiger partial charge >= 0.3 is 0 Å². The fourth-order valence-electron chi connectivity index (χ4n) is 3.21. The zero-order chi connectivity index (χ0) is 20.6. The molecule has 0 aliphatic heterocycles. The molecule has 0 amide bonds. The molecule has 0 bridgehead atoms. The van der Waals surface area contributed by atoms with Crippen LogP contribution in [0.3, 0.4) is 0 Å². The molecule has 29 heavy (non-hydrogen) atoms. The van der Waals surface area contributed by atoms with Crippen molar-refractivity contribution in [1.29, 1.82) is 0 Å². The molecule has 0 atom stereocenters. The average Bonchev–Trinajstić information content (AvgIpc) is 3.04. The van der Waals surface area contributed by atoms with Crippen molar-refractivity contribution >= 4 is 38.2 Å². The van der Waals surface area contributed by atoms with Gasteiger partial charge in [0.05, 0.1) is 10.5 Å². The van der Waals surface area contributed by atoms with Crippen LogP contribution in [-0.4, -0.2) is 14.2 Å². The van der Waals surface area contributed by atoms with Crippen molar-refractivity contribution in [2.24, 2.45) is 0 Å². The molecule has 6 heteroatoms. The summed E-state index contributed by atoms with van der Waals surface area (Å²) in [4.78, 5) is 13.4. The molecular formula is C23H17ClO4S. The minimum Gasteiger partial charge on any atom is -0.459 e. The summed E-state index contributed by atoms with van der Waals surface area (Å²) in [6.45, 7) is 1.88. The van der Waals surface area contributed by atoms with E-state index in [1.807, 2.05) is 13.0 Å².